The standard InChI is InChI=1S/C23H22N6O2/c1-15-19(16(2)29(28-15)17-9-5-4-6-10-17)14-24-27-23(30)21-13-20(25-26-21)18-11-7-8-12-22(18)31-3/h4-14H,1-3H3,(H,25,26)(H,27,30)/b24-14+. The number of H-pyrrole nitrogens is 1. The Kier molecular flexibility index (Phi) is 5.61. The quantitative estimate of drug-likeness (QED) is 0.372. The Balaban J connectivity index is 1.49. The minimum Gasteiger partial charge on any atom is -0.496 e. The minimum absolute atomic E-state index is 0.298. The smallest absolute Gasteiger partial charge is 0.289 e. The molecule has 31 heavy (non-hydrogen) atoms. The van der Waals surface area contributed by atoms with Gasteiger partial charge < -0.3 is 4.74 Å². The number of aryl methyl sites for hydroxylation is 1. The van der Waals surface area contributed by atoms with E-state index in [2.05, 4.69) is 25.8 Å². The van der Waals surface area contributed by atoms with Crippen LogP contribution in [0, 0.1) is 13.8 Å². The molecule has 4 aromatic rings. The zero-order chi connectivity index (χ0) is 21.8. The molecule has 0 unspecified atom stereocenters. The van der Waals surface area contributed by atoms with Gasteiger partial charge in [-0.2, -0.15) is 15.3 Å². The summed E-state index contributed by atoms with van der Waals surface area (Å²) >= 11 is 0. The molecule has 0 atom stereocenters. The molecule has 0 fully saturated rings. The number of ether oxygens (including phenoxy) is 1. The number of methoxy groups -OCH3 is 1. The Morgan fingerprint density at radius 3 is 2.65 bits per heavy atom. The van der Waals surface area contributed by atoms with Gasteiger partial charge in [0.1, 0.15) is 11.4 Å². The van der Waals surface area contributed by atoms with Gasteiger partial charge in [0.2, 0.25) is 0 Å². The molecule has 4 rings (SSSR count). The van der Waals surface area contributed by atoms with Crippen molar-refractivity contribution >= 4 is 12.1 Å². The molecule has 2 heterocycles. The van der Waals surface area contributed by atoms with Crippen molar-refractivity contribution in [1.82, 2.24) is 25.4 Å². The van der Waals surface area contributed by atoms with Gasteiger partial charge >= 0.3 is 0 Å². The van der Waals surface area contributed by atoms with Gasteiger partial charge in [0.05, 0.1) is 36.1 Å². The minimum atomic E-state index is -0.393. The van der Waals surface area contributed by atoms with Crippen LogP contribution in [0.15, 0.2) is 65.8 Å². The van der Waals surface area contributed by atoms with Gasteiger partial charge in [-0.05, 0) is 44.2 Å². The average Bonchev–Trinajstić information content (AvgIpc) is 3.40. The molecule has 2 aromatic heterocycles. The molecule has 0 saturated heterocycles. The number of hydrazone groups is 1. The Hall–Kier alpha value is -4.20. The van der Waals surface area contributed by atoms with Crippen LogP contribution in [0.5, 0.6) is 5.75 Å². The van der Waals surface area contributed by atoms with E-state index in [1.807, 2.05) is 73.1 Å². The lowest BCUT2D eigenvalue weighted by Crippen LogP contribution is -2.18. The first-order valence-corrected chi connectivity index (χ1v) is 9.72. The molecule has 0 aliphatic heterocycles. The van der Waals surface area contributed by atoms with E-state index in [-0.39, 0.29) is 0 Å². The van der Waals surface area contributed by atoms with Crippen LogP contribution >= 0.6 is 0 Å². The topological polar surface area (TPSA) is 97.2 Å². The van der Waals surface area contributed by atoms with Gasteiger partial charge in [-0.3, -0.25) is 9.89 Å². The highest BCUT2D eigenvalue weighted by atomic mass is 16.5. The van der Waals surface area contributed by atoms with Gasteiger partial charge in [-0.1, -0.05) is 30.3 Å². The maximum absolute atomic E-state index is 12.5. The monoisotopic (exact) mass is 414 g/mol. The lowest BCUT2D eigenvalue weighted by Gasteiger charge is -2.04. The lowest BCUT2D eigenvalue weighted by atomic mass is 10.1. The zero-order valence-corrected chi connectivity index (χ0v) is 17.5. The van der Waals surface area contributed by atoms with Gasteiger partial charge in [0, 0.05) is 11.1 Å². The van der Waals surface area contributed by atoms with E-state index in [0.29, 0.717) is 17.1 Å². The van der Waals surface area contributed by atoms with E-state index in [1.165, 1.54) is 0 Å². The third-order valence-corrected chi connectivity index (χ3v) is 4.91. The Bertz CT molecular complexity index is 1240. The number of nitrogens with one attached hydrogen (secondary N) is 2. The first kappa shape index (κ1) is 20.1. The number of nitrogens with zero attached hydrogens (tertiary/aromatic N) is 4. The molecule has 156 valence electrons. The summed E-state index contributed by atoms with van der Waals surface area (Å²) in [5, 5.41) is 15.6. The van der Waals surface area contributed by atoms with Crippen molar-refractivity contribution in [2.24, 2.45) is 5.10 Å². The fourth-order valence-corrected chi connectivity index (χ4v) is 3.31. The normalized spacial score (nSPS) is 11.1. The fourth-order valence-electron chi connectivity index (χ4n) is 3.31. The number of carbonyl (C=O) groups excluding carboxylic acids is 1. The van der Waals surface area contributed by atoms with Gasteiger partial charge in [-0.25, -0.2) is 10.1 Å². The van der Waals surface area contributed by atoms with E-state index in [1.54, 1.807) is 19.4 Å². The fraction of sp³-hybridized carbons (Fsp3) is 0.130. The molecule has 8 heteroatoms. The summed E-state index contributed by atoms with van der Waals surface area (Å²) in [6.45, 7) is 3.87. The summed E-state index contributed by atoms with van der Waals surface area (Å²) < 4.78 is 7.21. The predicted octanol–water partition coefficient (Wildman–Crippen LogP) is 3.65. The zero-order valence-electron chi connectivity index (χ0n) is 17.5. The maximum Gasteiger partial charge on any atom is 0.289 e. The Morgan fingerprint density at radius 2 is 1.87 bits per heavy atom. The summed E-state index contributed by atoms with van der Waals surface area (Å²) in [4.78, 5) is 12.5. The van der Waals surface area contributed by atoms with Crippen LogP contribution in [0.2, 0.25) is 0 Å². The molecular weight excluding hydrogens is 392 g/mol. The number of aromatic nitrogens is 4. The second kappa shape index (κ2) is 8.66. The largest absolute Gasteiger partial charge is 0.496 e. The molecule has 8 nitrogen and oxygen atoms in total. The molecule has 0 saturated carbocycles. The molecule has 2 aromatic carbocycles. The lowest BCUT2D eigenvalue weighted by molar-refractivity contribution is 0.0950. The van der Waals surface area contributed by atoms with Crippen LogP contribution in [-0.4, -0.2) is 39.2 Å². The first-order valence-electron chi connectivity index (χ1n) is 9.72. The summed E-state index contributed by atoms with van der Waals surface area (Å²) in [7, 11) is 1.59. The summed E-state index contributed by atoms with van der Waals surface area (Å²) in [5.41, 5.74) is 7.81. The van der Waals surface area contributed by atoms with Gasteiger partial charge in [0.15, 0.2) is 0 Å². The van der Waals surface area contributed by atoms with Crippen molar-refractivity contribution in [2.75, 3.05) is 7.11 Å². The van der Waals surface area contributed by atoms with E-state index < -0.39 is 5.91 Å². The van der Waals surface area contributed by atoms with Crippen molar-refractivity contribution in [2.45, 2.75) is 13.8 Å². The molecule has 0 spiro atoms. The van der Waals surface area contributed by atoms with Crippen molar-refractivity contribution in [3.63, 3.8) is 0 Å². The highest BCUT2D eigenvalue weighted by molar-refractivity contribution is 5.94. The summed E-state index contributed by atoms with van der Waals surface area (Å²) in [5.74, 6) is 0.288. The van der Waals surface area contributed by atoms with Crippen LogP contribution in [0.3, 0.4) is 0 Å². The molecule has 0 bridgehead atoms. The SMILES string of the molecule is COc1ccccc1-c1cc(C(=O)N/N=C/c2c(C)nn(-c3ccccc3)c2C)[nH]n1. The molecule has 0 radical (unpaired) electrons. The van der Waals surface area contributed by atoms with Crippen molar-refractivity contribution in [1.29, 1.82) is 0 Å². The van der Waals surface area contributed by atoms with E-state index in [9.17, 15) is 4.79 Å². The Labute approximate surface area is 179 Å². The number of benzene rings is 2. The highest BCUT2D eigenvalue weighted by Gasteiger charge is 2.14. The molecule has 0 aliphatic carbocycles. The number of carbonyl (C=O) groups is 1. The number of aromatic amines is 1. The van der Waals surface area contributed by atoms with E-state index >= 15 is 0 Å². The number of para-hydroxylation sites is 2. The van der Waals surface area contributed by atoms with Crippen molar-refractivity contribution in [3.05, 3.63) is 83.3 Å². The average molecular weight is 414 g/mol. The molecule has 0 aliphatic rings. The van der Waals surface area contributed by atoms with E-state index in [4.69, 9.17) is 4.74 Å². The third-order valence-electron chi connectivity index (χ3n) is 4.91. The number of hydrogen-bond acceptors (Lipinski definition) is 5. The maximum atomic E-state index is 12.5. The number of amides is 1. The van der Waals surface area contributed by atoms with Gasteiger partial charge in [0.25, 0.3) is 5.91 Å². The molecule has 2 N–H and O–H groups in total. The second-order valence-electron chi connectivity index (χ2n) is 6.90. The highest BCUT2D eigenvalue weighted by Crippen LogP contribution is 2.28. The molecule has 1 amide bonds. The predicted molar refractivity (Wildman–Crippen MR) is 119 cm³/mol. The van der Waals surface area contributed by atoms with Crippen LogP contribution < -0.4 is 10.2 Å². The van der Waals surface area contributed by atoms with Crippen LogP contribution in [0.25, 0.3) is 16.9 Å². The van der Waals surface area contributed by atoms with Crippen LogP contribution in [0.4, 0.5) is 0 Å². The summed E-state index contributed by atoms with van der Waals surface area (Å²) in [6.07, 6.45) is 1.60. The van der Waals surface area contributed by atoms with Crippen LogP contribution in [0.1, 0.15) is 27.4 Å². The van der Waals surface area contributed by atoms with Gasteiger partial charge in [-0.15, -0.1) is 0 Å². The molecular formula is C23H22N6O2. The Morgan fingerprint density at radius 1 is 1.13 bits per heavy atom. The second-order valence-corrected chi connectivity index (χ2v) is 6.90. The number of rotatable bonds is 6. The third kappa shape index (κ3) is 4.09. The van der Waals surface area contributed by atoms with Crippen molar-refractivity contribution < 1.29 is 9.53 Å². The van der Waals surface area contributed by atoms with Crippen molar-refractivity contribution in [3.8, 4) is 22.7 Å². The first-order chi connectivity index (χ1) is 15.1. The van der Waals surface area contributed by atoms with Crippen LogP contribution in [-0.2, 0) is 0 Å². The summed E-state index contributed by atoms with van der Waals surface area (Å²) in [6, 6.07) is 19.0. The van der Waals surface area contributed by atoms with E-state index in [0.717, 1.165) is 28.2 Å². The number of hydrogen-bond donors (Lipinski definition) is 2.